The topological polar surface area (TPSA) is 31.2 Å². The van der Waals surface area contributed by atoms with Gasteiger partial charge in [-0.2, -0.15) is 0 Å². The summed E-state index contributed by atoms with van der Waals surface area (Å²) in [5.74, 6) is -0.371. The Morgan fingerprint density at radius 2 is 2.05 bits per heavy atom. The lowest BCUT2D eigenvalue weighted by Crippen LogP contribution is -2.03. The van der Waals surface area contributed by atoms with Crippen LogP contribution in [0.15, 0.2) is 16.7 Å². The van der Waals surface area contributed by atoms with E-state index in [0.29, 0.717) is 10.6 Å². The van der Waals surface area contributed by atoms with E-state index >= 15 is 0 Å². The second-order valence-corrected chi connectivity index (χ2v) is 5.91. The van der Waals surface area contributed by atoms with Gasteiger partial charge in [0, 0.05) is 16.5 Å². The van der Waals surface area contributed by atoms with Gasteiger partial charge in [-0.1, -0.05) is 11.6 Å². The van der Waals surface area contributed by atoms with E-state index < -0.39 is 0 Å². The second kappa shape index (κ2) is 5.17. The minimum atomic E-state index is -0.371. The Labute approximate surface area is 125 Å². The van der Waals surface area contributed by atoms with Gasteiger partial charge in [-0.25, -0.2) is 4.79 Å². The molecule has 1 aromatic heterocycles. The molecular formula is C14H15BrClNO2. The van der Waals surface area contributed by atoms with Gasteiger partial charge in [0.2, 0.25) is 0 Å². The molecule has 0 fully saturated rings. The number of rotatable bonds is 2. The molecule has 0 unspecified atom stereocenters. The molecule has 0 spiro atoms. The zero-order valence-electron chi connectivity index (χ0n) is 11.3. The minimum absolute atomic E-state index is 0.259. The number of halogens is 2. The van der Waals surface area contributed by atoms with E-state index in [9.17, 15) is 4.79 Å². The van der Waals surface area contributed by atoms with Crippen LogP contribution in [0.5, 0.6) is 0 Å². The quantitative estimate of drug-likeness (QED) is 0.737. The predicted molar refractivity (Wildman–Crippen MR) is 81.1 cm³/mol. The van der Waals surface area contributed by atoms with E-state index in [0.717, 1.165) is 21.1 Å². The van der Waals surface area contributed by atoms with Crippen molar-refractivity contribution in [1.82, 2.24) is 4.57 Å². The van der Waals surface area contributed by atoms with Crippen LogP contribution in [0.4, 0.5) is 0 Å². The molecule has 3 nitrogen and oxygen atoms in total. The van der Waals surface area contributed by atoms with Crippen molar-refractivity contribution >= 4 is 44.4 Å². The zero-order valence-corrected chi connectivity index (χ0v) is 13.6. The molecule has 0 N–H and O–H groups in total. The molecule has 102 valence electrons. The largest absolute Gasteiger partial charge is 0.465 e. The first-order chi connectivity index (χ1) is 8.88. The molecule has 2 rings (SSSR count). The van der Waals surface area contributed by atoms with Gasteiger partial charge in [0.25, 0.3) is 0 Å². The highest BCUT2D eigenvalue weighted by atomic mass is 79.9. The summed E-state index contributed by atoms with van der Waals surface area (Å²) in [6.07, 6.45) is 0. The van der Waals surface area contributed by atoms with Gasteiger partial charge in [-0.05, 0) is 54.4 Å². The fourth-order valence-corrected chi connectivity index (χ4v) is 3.35. The summed E-state index contributed by atoms with van der Waals surface area (Å²) in [5.41, 5.74) is 2.45. The number of carbonyl (C=O) groups excluding carboxylic acids is 1. The first-order valence-corrected chi connectivity index (χ1v) is 7.13. The van der Waals surface area contributed by atoms with Crippen LogP contribution < -0.4 is 0 Å². The molecule has 0 amide bonds. The fraction of sp³-hybridized carbons (Fsp3) is 0.357. The van der Waals surface area contributed by atoms with Crippen molar-refractivity contribution in [3.63, 3.8) is 0 Å². The van der Waals surface area contributed by atoms with Crippen molar-refractivity contribution in [2.24, 2.45) is 0 Å². The van der Waals surface area contributed by atoms with Crippen LogP contribution in [-0.4, -0.2) is 17.6 Å². The van der Waals surface area contributed by atoms with Crippen molar-refractivity contribution in [2.75, 3.05) is 7.11 Å². The van der Waals surface area contributed by atoms with Gasteiger partial charge in [-0.15, -0.1) is 0 Å². The van der Waals surface area contributed by atoms with Crippen LogP contribution >= 0.6 is 27.5 Å². The maximum absolute atomic E-state index is 11.9. The average Bonchev–Trinajstić information content (AvgIpc) is 2.59. The molecule has 1 heterocycles. The third-order valence-electron chi connectivity index (χ3n) is 3.16. The standard InChI is InChI=1S/C14H15BrClNO2/c1-7(2)17-11-6-9(16)5-10(14(18)19-4)12(11)8(3)13(17)15/h5-7H,1-4H3. The zero-order chi connectivity index (χ0) is 14.3. The highest BCUT2D eigenvalue weighted by Gasteiger charge is 2.21. The number of nitrogens with zero attached hydrogens (tertiary/aromatic N) is 1. The molecule has 2 aromatic rings. The van der Waals surface area contributed by atoms with Gasteiger partial charge in [0.15, 0.2) is 0 Å². The number of fused-ring (bicyclic) bond motifs is 1. The van der Waals surface area contributed by atoms with Gasteiger partial charge < -0.3 is 9.30 Å². The second-order valence-electron chi connectivity index (χ2n) is 4.72. The van der Waals surface area contributed by atoms with Crippen molar-refractivity contribution in [1.29, 1.82) is 0 Å². The Morgan fingerprint density at radius 1 is 1.42 bits per heavy atom. The lowest BCUT2D eigenvalue weighted by Gasteiger charge is -2.12. The number of aromatic nitrogens is 1. The number of aryl methyl sites for hydroxylation is 1. The van der Waals surface area contributed by atoms with Crippen molar-refractivity contribution in [3.05, 3.63) is 32.9 Å². The number of esters is 1. The van der Waals surface area contributed by atoms with Crippen LogP contribution in [0.2, 0.25) is 5.02 Å². The fourth-order valence-electron chi connectivity index (χ4n) is 2.34. The molecule has 1 aromatic carbocycles. The number of carbonyl (C=O) groups is 1. The Kier molecular flexibility index (Phi) is 3.92. The van der Waals surface area contributed by atoms with Gasteiger partial charge in [0.05, 0.1) is 22.8 Å². The highest BCUT2D eigenvalue weighted by molar-refractivity contribution is 9.10. The predicted octanol–water partition coefficient (Wildman–Crippen LogP) is 4.73. The average molecular weight is 345 g/mol. The third-order valence-corrected chi connectivity index (χ3v) is 4.35. The lowest BCUT2D eigenvalue weighted by molar-refractivity contribution is 0.0603. The highest BCUT2D eigenvalue weighted by Crippen LogP contribution is 2.36. The summed E-state index contributed by atoms with van der Waals surface area (Å²) in [7, 11) is 1.37. The molecule has 0 aliphatic rings. The van der Waals surface area contributed by atoms with E-state index in [-0.39, 0.29) is 12.0 Å². The normalized spacial score (nSPS) is 11.3. The molecule has 5 heteroatoms. The van der Waals surface area contributed by atoms with Crippen molar-refractivity contribution in [3.8, 4) is 0 Å². The third kappa shape index (κ3) is 2.28. The van der Waals surface area contributed by atoms with Gasteiger partial charge in [0.1, 0.15) is 0 Å². The summed E-state index contributed by atoms with van der Waals surface area (Å²) in [6.45, 7) is 6.15. The number of hydrogen-bond acceptors (Lipinski definition) is 2. The number of benzene rings is 1. The first-order valence-electron chi connectivity index (χ1n) is 5.96. The Balaban J connectivity index is 2.94. The number of hydrogen-bond donors (Lipinski definition) is 0. The van der Waals surface area contributed by atoms with Crippen LogP contribution in [0.25, 0.3) is 10.9 Å². The summed E-state index contributed by atoms with van der Waals surface area (Å²) >= 11 is 9.72. The molecular weight excluding hydrogens is 330 g/mol. The summed E-state index contributed by atoms with van der Waals surface area (Å²) in [4.78, 5) is 11.9. The molecule has 0 aliphatic heterocycles. The molecule has 0 atom stereocenters. The molecule has 0 saturated heterocycles. The lowest BCUT2D eigenvalue weighted by atomic mass is 10.1. The van der Waals surface area contributed by atoms with Crippen LogP contribution in [0.1, 0.15) is 35.8 Å². The SMILES string of the molecule is COC(=O)c1cc(Cl)cc2c1c(C)c(Br)n2C(C)C. The van der Waals surface area contributed by atoms with E-state index in [1.807, 2.05) is 13.0 Å². The minimum Gasteiger partial charge on any atom is -0.465 e. The Hall–Kier alpha value is -1.000. The maximum atomic E-state index is 11.9. The van der Waals surface area contributed by atoms with Crippen molar-refractivity contribution < 1.29 is 9.53 Å². The van der Waals surface area contributed by atoms with E-state index in [2.05, 4.69) is 34.3 Å². The van der Waals surface area contributed by atoms with Crippen LogP contribution in [0.3, 0.4) is 0 Å². The Morgan fingerprint density at radius 3 is 2.58 bits per heavy atom. The first kappa shape index (κ1) is 14.4. The summed E-state index contributed by atoms with van der Waals surface area (Å²) in [6, 6.07) is 3.79. The molecule has 0 radical (unpaired) electrons. The Bertz CT molecular complexity index is 661. The number of ether oxygens (including phenoxy) is 1. The van der Waals surface area contributed by atoms with Gasteiger partial charge >= 0.3 is 5.97 Å². The molecule has 0 aliphatic carbocycles. The molecule has 0 saturated carbocycles. The number of methoxy groups -OCH3 is 1. The molecule has 19 heavy (non-hydrogen) atoms. The van der Waals surface area contributed by atoms with Crippen molar-refractivity contribution in [2.45, 2.75) is 26.8 Å². The summed E-state index contributed by atoms with van der Waals surface area (Å²) < 4.78 is 7.92. The monoisotopic (exact) mass is 343 g/mol. The maximum Gasteiger partial charge on any atom is 0.338 e. The van der Waals surface area contributed by atoms with E-state index in [1.165, 1.54) is 7.11 Å². The van der Waals surface area contributed by atoms with Crippen LogP contribution in [-0.2, 0) is 4.74 Å². The van der Waals surface area contributed by atoms with Gasteiger partial charge in [-0.3, -0.25) is 0 Å². The van der Waals surface area contributed by atoms with E-state index in [4.69, 9.17) is 16.3 Å². The summed E-state index contributed by atoms with van der Waals surface area (Å²) in [5, 5.41) is 1.41. The van der Waals surface area contributed by atoms with E-state index in [1.54, 1.807) is 6.07 Å². The van der Waals surface area contributed by atoms with Crippen LogP contribution in [0, 0.1) is 6.92 Å². The molecule has 0 bridgehead atoms. The smallest absolute Gasteiger partial charge is 0.338 e.